The fraction of sp³-hybridized carbons (Fsp3) is 0.667. The quantitative estimate of drug-likeness (QED) is 0.901. The molecule has 0 aliphatic carbocycles. The summed E-state index contributed by atoms with van der Waals surface area (Å²) in [6.07, 6.45) is 3.96. The van der Waals surface area contributed by atoms with Crippen LogP contribution in [0.1, 0.15) is 25.0 Å². The van der Waals surface area contributed by atoms with Crippen LogP contribution in [0.3, 0.4) is 0 Å². The molecule has 2 aromatic heterocycles. The summed E-state index contributed by atoms with van der Waals surface area (Å²) in [5.74, 6) is 1.89. The van der Waals surface area contributed by atoms with Crippen LogP contribution < -0.4 is 5.73 Å². The van der Waals surface area contributed by atoms with Gasteiger partial charge in [-0.3, -0.25) is 9.25 Å². The average Bonchev–Trinajstić information content (AvgIpc) is 2.81. The van der Waals surface area contributed by atoms with Gasteiger partial charge in [-0.05, 0) is 25.5 Å². The zero-order valence-electron chi connectivity index (χ0n) is 10.9. The van der Waals surface area contributed by atoms with Crippen LogP contribution in [0.15, 0.2) is 0 Å². The monoisotopic (exact) mass is 265 g/mol. The van der Waals surface area contributed by atoms with Gasteiger partial charge in [0.05, 0.1) is 5.69 Å². The number of thioether (sulfide) groups is 1. The van der Waals surface area contributed by atoms with Gasteiger partial charge in [-0.15, -0.1) is 0 Å². The number of hydrogen-bond donors (Lipinski definition) is 1. The van der Waals surface area contributed by atoms with E-state index in [4.69, 9.17) is 5.73 Å². The van der Waals surface area contributed by atoms with Crippen LogP contribution >= 0.6 is 11.8 Å². The molecule has 2 N–H and O–H groups in total. The molecule has 1 atom stereocenters. The second-order valence-corrected chi connectivity index (χ2v) is 6.36. The SMILES string of the molecule is Cc1nn(C)c2c1nc(N)n2CC1CCCCS1. The van der Waals surface area contributed by atoms with E-state index in [9.17, 15) is 0 Å². The van der Waals surface area contributed by atoms with Crippen molar-refractivity contribution in [1.29, 1.82) is 0 Å². The molecule has 0 radical (unpaired) electrons. The highest BCUT2D eigenvalue weighted by atomic mass is 32.2. The Hall–Kier alpha value is -1.17. The van der Waals surface area contributed by atoms with Gasteiger partial charge >= 0.3 is 0 Å². The van der Waals surface area contributed by atoms with Gasteiger partial charge in [-0.25, -0.2) is 4.98 Å². The molecule has 1 aliphatic rings. The highest BCUT2D eigenvalue weighted by Gasteiger charge is 2.20. The average molecular weight is 265 g/mol. The minimum atomic E-state index is 0.618. The number of rotatable bonds is 2. The van der Waals surface area contributed by atoms with Crippen molar-refractivity contribution in [2.75, 3.05) is 11.5 Å². The number of anilines is 1. The van der Waals surface area contributed by atoms with Crippen molar-refractivity contribution in [3.63, 3.8) is 0 Å². The predicted molar refractivity (Wildman–Crippen MR) is 75.7 cm³/mol. The molecule has 1 saturated heterocycles. The summed E-state index contributed by atoms with van der Waals surface area (Å²) in [5, 5.41) is 5.08. The van der Waals surface area contributed by atoms with Gasteiger partial charge < -0.3 is 5.73 Å². The van der Waals surface area contributed by atoms with Crippen molar-refractivity contribution in [3.8, 4) is 0 Å². The van der Waals surface area contributed by atoms with Gasteiger partial charge in [0.2, 0.25) is 5.95 Å². The third-order valence-electron chi connectivity index (χ3n) is 3.58. The van der Waals surface area contributed by atoms with Crippen LogP contribution in [0.2, 0.25) is 0 Å². The fourth-order valence-corrected chi connectivity index (χ4v) is 3.98. The summed E-state index contributed by atoms with van der Waals surface area (Å²) in [4.78, 5) is 4.45. The molecule has 98 valence electrons. The standard InChI is InChI=1S/C12H19N5S/c1-8-10-11(16(2)15-8)17(12(13)14-10)7-9-5-3-4-6-18-9/h9H,3-7H2,1-2H3,(H2,13,14). The van der Waals surface area contributed by atoms with E-state index >= 15 is 0 Å². The van der Waals surface area contributed by atoms with Crippen LogP contribution in [-0.4, -0.2) is 30.3 Å². The molecule has 0 bridgehead atoms. The highest BCUT2D eigenvalue weighted by molar-refractivity contribution is 7.99. The number of nitrogens with zero attached hydrogens (tertiary/aromatic N) is 4. The Morgan fingerprint density at radius 3 is 3.00 bits per heavy atom. The molecule has 3 rings (SSSR count). The summed E-state index contributed by atoms with van der Waals surface area (Å²) in [6, 6.07) is 0. The van der Waals surface area contributed by atoms with Crippen molar-refractivity contribution >= 4 is 28.9 Å². The molecule has 3 heterocycles. The molecule has 0 aromatic carbocycles. The van der Waals surface area contributed by atoms with E-state index in [2.05, 4.69) is 26.4 Å². The van der Waals surface area contributed by atoms with Crippen LogP contribution in [0.4, 0.5) is 5.95 Å². The summed E-state index contributed by atoms with van der Waals surface area (Å²) in [7, 11) is 1.96. The minimum Gasteiger partial charge on any atom is -0.369 e. The van der Waals surface area contributed by atoms with E-state index in [0.717, 1.165) is 23.4 Å². The lowest BCUT2D eigenvalue weighted by atomic mass is 10.2. The third-order valence-corrected chi connectivity index (χ3v) is 4.96. The Labute approximate surface area is 111 Å². The maximum Gasteiger partial charge on any atom is 0.202 e. The molecular weight excluding hydrogens is 246 g/mol. The lowest BCUT2D eigenvalue weighted by Crippen LogP contribution is -2.19. The summed E-state index contributed by atoms with van der Waals surface area (Å²) < 4.78 is 4.01. The van der Waals surface area contributed by atoms with E-state index in [0.29, 0.717) is 11.2 Å². The van der Waals surface area contributed by atoms with Crippen LogP contribution in [0.5, 0.6) is 0 Å². The zero-order chi connectivity index (χ0) is 12.7. The minimum absolute atomic E-state index is 0.618. The molecule has 5 nitrogen and oxygen atoms in total. The lowest BCUT2D eigenvalue weighted by molar-refractivity contribution is 0.586. The smallest absolute Gasteiger partial charge is 0.202 e. The molecule has 1 aliphatic heterocycles. The number of fused-ring (bicyclic) bond motifs is 1. The largest absolute Gasteiger partial charge is 0.369 e. The maximum absolute atomic E-state index is 6.05. The van der Waals surface area contributed by atoms with Crippen molar-refractivity contribution in [2.45, 2.75) is 38.0 Å². The molecular formula is C12H19N5S. The first-order valence-electron chi connectivity index (χ1n) is 6.43. The Bertz CT molecular complexity index is 565. The van der Waals surface area contributed by atoms with E-state index in [-0.39, 0.29) is 0 Å². The van der Waals surface area contributed by atoms with Crippen molar-refractivity contribution in [3.05, 3.63) is 5.69 Å². The second kappa shape index (κ2) is 4.50. The van der Waals surface area contributed by atoms with Crippen LogP contribution in [0.25, 0.3) is 11.2 Å². The van der Waals surface area contributed by atoms with E-state index in [1.54, 1.807) is 0 Å². The Balaban J connectivity index is 1.97. The summed E-state index contributed by atoms with van der Waals surface area (Å²) in [6.45, 7) is 2.93. The lowest BCUT2D eigenvalue weighted by Gasteiger charge is -2.22. The van der Waals surface area contributed by atoms with Gasteiger partial charge in [0.25, 0.3) is 0 Å². The van der Waals surface area contributed by atoms with Gasteiger partial charge in [0, 0.05) is 18.8 Å². The van der Waals surface area contributed by atoms with Gasteiger partial charge in [0.15, 0.2) is 5.65 Å². The molecule has 0 saturated carbocycles. The van der Waals surface area contributed by atoms with Crippen LogP contribution in [-0.2, 0) is 13.6 Å². The summed E-state index contributed by atoms with van der Waals surface area (Å²) >= 11 is 2.06. The Morgan fingerprint density at radius 2 is 2.28 bits per heavy atom. The highest BCUT2D eigenvalue weighted by Crippen LogP contribution is 2.29. The van der Waals surface area contributed by atoms with Crippen molar-refractivity contribution in [1.82, 2.24) is 19.3 Å². The molecule has 18 heavy (non-hydrogen) atoms. The fourth-order valence-electron chi connectivity index (χ4n) is 2.69. The predicted octanol–water partition coefficient (Wildman–Crippen LogP) is 1.95. The molecule has 2 aromatic rings. The first-order valence-corrected chi connectivity index (χ1v) is 7.48. The van der Waals surface area contributed by atoms with Gasteiger partial charge in [-0.1, -0.05) is 6.42 Å². The molecule has 0 spiro atoms. The molecule has 0 amide bonds. The molecule has 1 unspecified atom stereocenters. The number of hydrogen-bond acceptors (Lipinski definition) is 4. The Kier molecular flexibility index (Phi) is 2.97. The number of aromatic nitrogens is 4. The first-order chi connectivity index (χ1) is 8.66. The number of nitrogen functional groups attached to an aromatic ring is 1. The Morgan fingerprint density at radius 1 is 1.44 bits per heavy atom. The maximum atomic E-state index is 6.05. The molecule has 6 heteroatoms. The second-order valence-electron chi connectivity index (χ2n) is 4.95. The van der Waals surface area contributed by atoms with Crippen molar-refractivity contribution < 1.29 is 0 Å². The van der Waals surface area contributed by atoms with Gasteiger partial charge in [-0.2, -0.15) is 16.9 Å². The number of aryl methyl sites for hydroxylation is 2. The van der Waals surface area contributed by atoms with Crippen LogP contribution in [0, 0.1) is 6.92 Å². The van der Waals surface area contributed by atoms with Gasteiger partial charge in [0.1, 0.15) is 5.52 Å². The number of imidazole rings is 1. The zero-order valence-corrected chi connectivity index (χ0v) is 11.7. The van der Waals surface area contributed by atoms with E-state index < -0.39 is 0 Å². The molecule has 1 fully saturated rings. The van der Waals surface area contributed by atoms with Crippen molar-refractivity contribution in [2.24, 2.45) is 7.05 Å². The van der Waals surface area contributed by atoms with E-state index in [1.807, 2.05) is 18.7 Å². The summed E-state index contributed by atoms with van der Waals surface area (Å²) in [5.41, 5.74) is 9.00. The topological polar surface area (TPSA) is 61.7 Å². The number of nitrogens with two attached hydrogens (primary N) is 1. The first kappa shape index (κ1) is 11.9. The third kappa shape index (κ3) is 1.88. The van der Waals surface area contributed by atoms with E-state index in [1.165, 1.54) is 25.0 Å². The normalized spacial score (nSPS) is 20.7.